The third-order valence-electron chi connectivity index (χ3n) is 5.58. The Hall–Kier alpha value is -4.19. The van der Waals surface area contributed by atoms with Gasteiger partial charge >= 0.3 is 11.9 Å². The van der Waals surface area contributed by atoms with E-state index in [9.17, 15) is 15.0 Å². The minimum Gasteiger partial charge on any atom is -0.459 e. The largest absolute Gasteiger partial charge is 0.638 e. The molecule has 5 aromatic rings. The average Bonchev–Trinajstić information content (AvgIpc) is 3.13. The van der Waals surface area contributed by atoms with Gasteiger partial charge in [-0.25, -0.2) is 0 Å². The van der Waals surface area contributed by atoms with E-state index < -0.39 is 0 Å². The van der Waals surface area contributed by atoms with Crippen LogP contribution in [0, 0.1) is 6.92 Å². The summed E-state index contributed by atoms with van der Waals surface area (Å²) in [4.78, 5) is 16.7. The Bertz CT molecular complexity index is 1460. The predicted octanol–water partition coefficient (Wildman–Crippen LogP) is 3.49. The first-order valence-electron chi connectivity index (χ1n) is 10.0. The minimum absolute atomic E-state index is 0.0812. The number of fused-ring (bicyclic) bond motifs is 2. The number of Topliss-reactive ketones (excluding diaryl/α,β-unsaturated/α-hetero) is 1. The van der Waals surface area contributed by atoms with Crippen LogP contribution < -0.4 is 9.13 Å². The second kappa shape index (κ2) is 7.25. The van der Waals surface area contributed by atoms with Crippen molar-refractivity contribution in [2.24, 2.45) is 0 Å². The molecule has 6 heteroatoms. The van der Waals surface area contributed by atoms with Gasteiger partial charge in [-0.3, -0.25) is 4.79 Å². The van der Waals surface area contributed by atoms with Crippen LogP contribution in [0.5, 0.6) is 11.9 Å². The lowest BCUT2D eigenvalue weighted by Gasteiger charge is -2.05. The normalized spacial score (nSPS) is 11.3. The van der Waals surface area contributed by atoms with E-state index in [2.05, 4.69) is 4.98 Å². The van der Waals surface area contributed by atoms with Crippen LogP contribution in [0.3, 0.4) is 0 Å². The van der Waals surface area contributed by atoms with Crippen LogP contribution in [0.2, 0.25) is 0 Å². The standard InChI is InChI=1S/C25H19N3O3/c1-16-23(18-11-5-7-13-20(18)26-16)22(29)15-27-21-14-8-6-12-19(21)24(30)28(25(27)31)17-9-3-2-4-10-17/h2-14H,15H2,1H3,(H,26,29)/p+2. The lowest BCUT2D eigenvalue weighted by atomic mass is 10.1. The quantitative estimate of drug-likeness (QED) is 0.313. The fourth-order valence-corrected chi connectivity index (χ4v) is 4.17. The molecule has 3 aromatic carbocycles. The molecule has 2 heterocycles. The number of carbonyl (C=O) groups is 1. The number of ketones is 1. The van der Waals surface area contributed by atoms with Crippen molar-refractivity contribution >= 4 is 27.6 Å². The smallest absolute Gasteiger partial charge is 0.459 e. The van der Waals surface area contributed by atoms with Gasteiger partial charge in [-0.2, -0.15) is 0 Å². The van der Waals surface area contributed by atoms with Gasteiger partial charge in [0.1, 0.15) is 0 Å². The number of rotatable bonds is 4. The van der Waals surface area contributed by atoms with Crippen molar-refractivity contribution in [3.63, 3.8) is 0 Å². The molecule has 0 saturated heterocycles. The first-order chi connectivity index (χ1) is 15.1. The Kier molecular flexibility index (Phi) is 4.40. The lowest BCUT2D eigenvalue weighted by Crippen LogP contribution is -2.49. The van der Waals surface area contributed by atoms with Crippen molar-refractivity contribution in [1.82, 2.24) is 4.98 Å². The molecule has 3 N–H and O–H groups in total. The molecule has 0 aliphatic rings. The predicted molar refractivity (Wildman–Crippen MR) is 116 cm³/mol. The summed E-state index contributed by atoms with van der Waals surface area (Å²) < 4.78 is 2.88. The molecule has 0 spiro atoms. The molecule has 6 nitrogen and oxygen atoms in total. The van der Waals surface area contributed by atoms with Gasteiger partial charge in [0, 0.05) is 34.8 Å². The van der Waals surface area contributed by atoms with Crippen molar-refractivity contribution in [1.29, 1.82) is 0 Å². The fraction of sp³-hybridized carbons (Fsp3) is 0.0800. The van der Waals surface area contributed by atoms with Gasteiger partial charge in [-0.1, -0.05) is 53.1 Å². The molecule has 0 fully saturated rings. The Morgan fingerprint density at radius 3 is 2.29 bits per heavy atom. The highest BCUT2D eigenvalue weighted by molar-refractivity contribution is 6.08. The van der Waals surface area contributed by atoms with E-state index >= 15 is 0 Å². The molecule has 0 atom stereocenters. The molecule has 0 radical (unpaired) electrons. The van der Waals surface area contributed by atoms with Gasteiger partial charge in [-0.05, 0) is 23.6 Å². The Labute approximate surface area is 178 Å². The number of aromatic amines is 1. The summed E-state index contributed by atoms with van der Waals surface area (Å²) >= 11 is 0. The van der Waals surface area contributed by atoms with E-state index in [0.717, 1.165) is 16.6 Å². The second-order valence-corrected chi connectivity index (χ2v) is 7.49. The average molecular weight is 411 g/mol. The maximum Gasteiger partial charge on any atom is 0.638 e. The number of nitrogens with zero attached hydrogens (tertiary/aromatic N) is 2. The maximum atomic E-state index is 13.4. The molecule has 31 heavy (non-hydrogen) atoms. The molecule has 152 valence electrons. The monoisotopic (exact) mass is 411 g/mol. The molecule has 0 aliphatic carbocycles. The van der Waals surface area contributed by atoms with E-state index in [1.165, 1.54) is 9.13 Å². The summed E-state index contributed by atoms with van der Waals surface area (Å²) in [6.45, 7) is 1.79. The number of aromatic hydroxyl groups is 2. The van der Waals surface area contributed by atoms with Gasteiger partial charge in [0.15, 0.2) is 5.39 Å². The molecule has 5 rings (SSSR count). The number of aromatic nitrogens is 3. The van der Waals surface area contributed by atoms with Crippen LogP contribution >= 0.6 is 0 Å². The van der Waals surface area contributed by atoms with E-state index in [0.29, 0.717) is 22.2 Å². The van der Waals surface area contributed by atoms with Crippen LogP contribution in [-0.2, 0) is 6.54 Å². The van der Waals surface area contributed by atoms with Crippen molar-refractivity contribution in [3.8, 4) is 17.6 Å². The first-order valence-corrected chi connectivity index (χ1v) is 10.0. The zero-order valence-electron chi connectivity index (χ0n) is 16.9. The van der Waals surface area contributed by atoms with Gasteiger partial charge in [-0.15, -0.1) is 0 Å². The third kappa shape index (κ3) is 3.00. The number of para-hydroxylation sites is 3. The molecular weight excluding hydrogens is 390 g/mol. The summed E-state index contributed by atoms with van der Waals surface area (Å²) in [7, 11) is 0. The highest BCUT2D eigenvalue weighted by Crippen LogP contribution is 2.25. The zero-order chi connectivity index (χ0) is 21.5. The summed E-state index contributed by atoms with van der Waals surface area (Å²) in [6, 6.07) is 23.7. The van der Waals surface area contributed by atoms with Gasteiger partial charge < -0.3 is 15.2 Å². The Balaban J connectivity index is 1.71. The van der Waals surface area contributed by atoms with E-state index in [4.69, 9.17) is 0 Å². The van der Waals surface area contributed by atoms with E-state index in [1.54, 1.807) is 24.3 Å². The fourth-order valence-electron chi connectivity index (χ4n) is 4.17. The van der Waals surface area contributed by atoms with Crippen molar-refractivity contribution in [2.45, 2.75) is 13.5 Å². The van der Waals surface area contributed by atoms with Crippen molar-refractivity contribution < 1.29 is 24.1 Å². The van der Waals surface area contributed by atoms with Crippen molar-refractivity contribution in [2.75, 3.05) is 0 Å². The van der Waals surface area contributed by atoms with Crippen LogP contribution in [0.1, 0.15) is 16.1 Å². The molecular formula is C25H21N3O3+2. The van der Waals surface area contributed by atoms with Gasteiger partial charge in [0.2, 0.25) is 23.5 Å². The molecule has 0 bridgehead atoms. The van der Waals surface area contributed by atoms with Crippen LogP contribution in [0.15, 0.2) is 78.9 Å². The number of nitrogens with one attached hydrogen (secondary N) is 1. The summed E-state index contributed by atoms with van der Waals surface area (Å²) in [5.41, 5.74) is 3.44. The van der Waals surface area contributed by atoms with Crippen LogP contribution in [0.25, 0.3) is 27.5 Å². The molecule has 2 aromatic heterocycles. The zero-order valence-corrected chi connectivity index (χ0v) is 16.9. The minimum atomic E-state index is -0.228. The third-order valence-corrected chi connectivity index (χ3v) is 5.58. The summed E-state index contributed by atoms with van der Waals surface area (Å²) in [5.74, 6) is -0.225. The topological polar surface area (TPSA) is 81.1 Å². The van der Waals surface area contributed by atoms with Gasteiger partial charge in [0.25, 0.3) is 0 Å². The highest BCUT2D eigenvalue weighted by Gasteiger charge is 2.36. The van der Waals surface area contributed by atoms with Crippen LogP contribution in [0.4, 0.5) is 0 Å². The Morgan fingerprint density at radius 2 is 1.52 bits per heavy atom. The molecule has 0 saturated carbocycles. The number of benzene rings is 3. The number of carbonyl (C=O) groups excluding carboxylic acids is 1. The molecule has 0 amide bonds. The number of aryl methyl sites for hydroxylation is 1. The number of hydrogen-bond donors (Lipinski definition) is 3. The van der Waals surface area contributed by atoms with E-state index in [-0.39, 0.29) is 24.2 Å². The van der Waals surface area contributed by atoms with Gasteiger partial charge in [0.05, 0.1) is 5.56 Å². The maximum absolute atomic E-state index is 13.4. The summed E-state index contributed by atoms with van der Waals surface area (Å²) in [5, 5.41) is 23.5. The highest BCUT2D eigenvalue weighted by atomic mass is 16.3. The second-order valence-electron chi connectivity index (χ2n) is 7.49. The molecule has 0 unspecified atom stereocenters. The lowest BCUT2D eigenvalue weighted by molar-refractivity contribution is -0.774. The summed E-state index contributed by atoms with van der Waals surface area (Å²) in [6.07, 6.45) is 0. The first kappa shape index (κ1) is 18.8. The SMILES string of the molecule is Cc1[nH]c2ccccc2c1C(=O)C[n+]1c(O)[n+](-c2ccccc2)c(O)c2ccccc21. The van der Waals surface area contributed by atoms with E-state index in [1.807, 2.05) is 61.5 Å². The number of H-pyrrole nitrogens is 1. The number of hydrogen-bond acceptors (Lipinski definition) is 3. The Morgan fingerprint density at radius 1 is 0.871 bits per heavy atom. The molecule has 0 aliphatic heterocycles. The van der Waals surface area contributed by atoms with Crippen LogP contribution in [-0.4, -0.2) is 21.0 Å². The van der Waals surface area contributed by atoms with Crippen molar-refractivity contribution in [3.05, 3.63) is 90.1 Å².